The van der Waals surface area contributed by atoms with Gasteiger partial charge >= 0.3 is 0 Å². The van der Waals surface area contributed by atoms with Crippen LogP contribution in [0.1, 0.15) is 31.2 Å². The molecule has 1 aliphatic carbocycles. The summed E-state index contributed by atoms with van der Waals surface area (Å²) in [7, 11) is -3.89. The third-order valence-corrected chi connectivity index (χ3v) is 6.78. The second-order valence-corrected chi connectivity index (χ2v) is 9.10. The van der Waals surface area contributed by atoms with Crippen molar-refractivity contribution in [3.63, 3.8) is 0 Å². The van der Waals surface area contributed by atoms with Gasteiger partial charge in [0.15, 0.2) is 0 Å². The summed E-state index contributed by atoms with van der Waals surface area (Å²) in [6.07, 6.45) is 4.06. The molecule has 0 saturated heterocycles. The van der Waals surface area contributed by atoms with E-state index in [0.29, 0.717) is 16.3 Å². The van der Waals surface area contributed by atoms with Crippen LogP contribution in [-0.4, -0.2) is 26.9 Å². The number of carbonyl (C=O) groups excluding carboxylic acids is 1. The minimum atomic E-state index is -3.89. The standard InChI is InChI=1S/C20H23ClN2O3S/c1-15-13-16(21)11-12-19(15)23(14-20(24)22-17-7-5-6-8-17)27(25,26)18-9-3-2-4-10-18/h2-4,9-13,17H,5-8,14H2,1H3,(H,22,24). The molecule has 27 heavy (non-hydrogen) atoms. The SMILES string of the molecule is Cc1cc(Cl)ccc1N(CC(=O)NC1CCCC1)S(=O)(=O)c1ccccc1. The normalized spacial score (nSPS) is 14.9. The summed E-state index contributed by atoms with van der Waals surface area (Å²) in [5.74, 6) is -0.296. The molecule has 2 aromatic rings. The van der Waals surface area contributed by atoms with Crippen LogP contribution in [0, 0.1) is 6.92 Å². The van der Waals surface area contributed by atoms with Crippen molar-refractivity contribution in [2.24, 2.45) is 0 Å². The molecule has 0 radical (unpaired) electrons. The number of hydrogen-bond acceptors (Lipinski definition) is 3. The highest BCUT2D eigenvalue weighted by Crippen LogP contribution is 2.29. The van der Waals surface area contributed by atoms with Crippen LogP contribution < -0.4 is 9.62 Å². The Morgan fingerprint density at radius 3 is 2.44 bits per heavy atom. The minimum absolute atomic E-state index is 0.130. The summed E-state index contributed by atoms with van der Waals surface area (Å²) in [5, 5.41) is 3.48. The molecule has 0 atom stereocenters. The molecule has 0 heterocycles. The average Bonchev–Trinajstić information content (AvgIpc) is 3.14. The molecule has 1 fully saturated rings. The second-order valence-electron chi connectivity index (χ2n) is 6.80. The summed E-state index contributed by atoms with van der Waals surface area (Å²) >= 11 is 6.02. The predicted molar refractivity (Wildman–Crippen MR) is 108 cm³/mol. The molecular weight excluding hydrogens is 384 g/mol. The van der Waals surface area contributed by atoms with Gasteiger partial charge in [-0.05, 0) is 55.7 Å². The first-order valence-electron chi connectivity index (χ1n) is 9.01. The van der Waals surface area contributed by atoms with E-state index < -0.39 is 10.0 Å². The van der Waals surface area contributed by atoms with Gasteiger partial charge in [-0.1, -0.05) is 42.6 Å². The fourth-order valence-corrected chi connectivity index (χ4v) is 5.13. The Kier molecular flexibility index (Phi) is 6.07. The Morgan fingerprint density at radius 2 is 1.81 bits per heavy atom. The molecule has 5 nitrogen and oxygen atoms in total. The van der Waals surface area contributed by atoms with Gasteiger partial charge in [0.05, 0.1) is 10.6 Å². The first kappa shape index (κ1) is 19.7. The number of anilines is 1. The van der Waals surface area contributed by atoms with Crippen LogP contribution in [-0.2, 0) is 14.8 Å². The van der Waals surface area contributed by atoms with E-state index in [9.17, 15) is 13.2 Å². The zero-order chi connectivity index (χ0) is 19.4. The minimum Gasteiger partial charge on any atom is -0.352 e. The number of hydrogen-bond donors (Lipinski definition) is 1. The molecule has 3 rings (SSSR count). The van der Waals surface area contributed by atoms with Crippen LogP contribution >= 0.6 is 11.6 Å². The number of carbonyl (C=O) groups is 1. The molecule has 1 N–H and O–H groups in total. The van der Waals surface area contributed by atoms with Crippen LogP contribution in [0.3, 0.4) is 0 Å². The van der Waals surface area contributed by atoms with E-state index in [1.807, 2.05) is 0 Å². The number of nitrogens with zero attached hydrogens (tertiary/aromatic N) is 1. The van der Waals surface area contributed by atoms with E-state index in [2.05, 4.69) is 5.32 Å². The maximum absolute atomic E-state index is 13.3. The average molecular weight is 407 g/mol. The fourth-order valence-electron chi connectivity index (χ4n) is 3.39. The third-order valence-electron chi connectivity index (χ3n) is 4.77. The quantitative estimate of drug-likeness (QED) is 0.791. The first-order valence-corrected chi connectivity index (χ1v) is 10.8. The van der Waals surface area contributed by atoms with E-state index in [0.717, 1.165) is 30.0 Å². The van der Waals surface area contributed by atoms with E-state index in [1.165, 1.54) is 12.1 Å². The van der Waals surface area contributed by atoms with Gasteiger partial charge in [-0.25, -0.2) is 8.42 Å². The van der Waals surface area contributed by atoms with Crippen molar-refractivity contribution in [1.82, 2.24) is 5.32 Å². The predicted octanol–water partition coefficient (Wildman–Crippen LogP) is 3.90. The molecule has 0 bridgehead atoms. The Bertz CT molecular complexity index is 910. The van der Waals surface area contributed by atoms with Crippen LogP contribution in [0.15, 0.2) is 53.4 Å². The summed E-state index contributed by atoms with van der Waals surface area (Å²) in [5.41, 5.74) is 1.14. The van der Waals surface area contributed by atoms with Crippen molar-refractivity contribution >= 4 is 33.2 Å². The summed E-state index contributed by atoms with van der Waals surface area (Å²) in [6.45, 7) is 1.51. The lowest BCUT2D eigenvalue weighted by Gasteiger charge is -2.26. The molecule has 1 aliphatic rings. The highest BCUT2D eigenvalue weighted by atomic mass is 35.5. The molecule has 0 spiro atoms. The lowest BCUT2D eigenvalue weighted by molar-refractivity contribution is -0.120. The van der Waals surface area contributed by atoms with Crippen LogP contribution in [0.5, 0.6) is 0 Å². The lowest BCUT2D eigenvalue weighted by atomic mass is 10.2. The zero-order valence-corrected chi connectivity index (χ0v) is 16.8. The molecule has 0 aliphatic heterocycles. The number of sulfonamides is 1. The Labute approximate surface area is 165 Å². The molecule has 7 heteroatoms. The Hall–Kier alpha value is -2.05. The van der Waals surface area contributed by atoms with Gasteiger partial charge in [0.2, 0.25) is 5.91 Å². The van der Waals surface area contributed by atoms with Gasteiger partial charge in [-0.15, -0.1) is 0 Å². The van der Waals surface area contributed by atoms with Gasteiger partial charge in [0.1, 0.15) is 6.54 Å². The molecule has 0 unspecified atom stereocenters. The van der Waals surface area contributed by atoms with Crippen LogP contribution in [0.4, 0.5) is 5.69 Å². The van der Waals surface area contributed by atoms with E-state index >= 15 is 0 Å². The number of halogens is 1. The number of rotatable bonds is 6. The van der Waals surface area contributed by atoms with E-state index in [4.69, 9.17) is 11.6 Å². The van der Waals surface area contributed by atoms with Gasteiger partial charge in [0.25, 0.3) is 10.0 Å². The van der Waals surface area contributed by atoms with Gasteiger partial charge in [-0.2, -0.15) is 0 Å². The molecular formula is C20H23ClN2O3S. The highest BCUT2D eigenvalue weighted by molar-refractivity contribution is 7.92. The lowest BCUT2D eigenvalue weighted by Crippen LogP contribution is -2.43. The smallest absolute Gasteiger partial charge is 0.264 e. The van der Waals surface area contributed by atoms with E-state index in [1.54, 1.807) is 43.3 Å². The number of nitrogens with one attached hydrogen (secondary N) is 1. The van der Waals surface area contributed by atoms with Gasteiger partial charge in [-0.3, -0.25) is 9.10 Å². The first-order chi connectivity index (χ1) is 12.9. The van der Waals surface area contributed by atoms with Crippen molar-refractivity contribution in [3.8, 4) is 0 Å². The molecule has 2 aromatic carbocycles. The van der Waals surface area contributed by atoms with E-state index in [-0.39, 0.29) is 23.4 Å². The van der Waals surface area contributed by atoms with Crippen LogP contribution in [0.25, 0.3) is 0 Å². The number of amides is 1. The molecule has 0 aromatic heterocycles. The van der Waals surface area contributed by atoms with Crippen molar-refractivity contribution < 1.29 is 13.2 Å². The largest absolute Gasteiger partial charge is 0.352 e. The van der Waals surface area contributed by atoms with Crippen molar-refractivity contribution in [3.05, 3.63) is 59.1 Å². The fraction of sp³-hybridized carbons (Fsp3) is 0.350. The zero-order valence-electron chi connectivity index (χ0n) is 15.2. The monoisotopic (exact) mass is 406 g/mol. The van der Waals surface area contributed by atoms with Crippen LogP contribution in [0.2, 0.25) is 5.02 Å². The Balaban J connectivity index is 1.94. The summed E-state index contributed by atoms with van der Waals surface area (Å²) in [4.78, 5) is 12.7. The Morgan fingerprint density at radius 1 is 1.15 bits per heavy atom. The topological polar surface area (TPSA) is 66.5 Å². The molecule has 1 saturated carbocycles. The molecule has 144 valence electrons. The van der Waals surface area contributed by atoms with Crippen molar-refractivity contribution in [1.29, 1.82) is 0 Å². The van der Waals surface area contributed by atoms with Crippen molar-refractivity contribution in [2.45, 2.75) is 43.5 Å². The maximum Gasteiger partial charge on any atom is 0.264 e. The number of benzene rings is 2. The number of aryl methyl sites for hydroxylation is 1. The van der Waals surface area contributed by atoms with Crippen molar-refractivity contribution in [2.75, 3.05) is 10.8 Å². The third kappa shape index (κ3) is 4.62. The summed E-state index contributed by atoms with van der Waals surface area (Å²) < 4.78 is 27.7. The second kappa shape index (κ2) is 8.31. The maximum atomic E-state index is 13.3. The summed E-state index contributed by atoms with van der Waals surface area (Å²) in [6, 6.07) is 13.2. The van der Waals surface area contributed by atoms with Gasteiger partial charge in [0, 0.05) is 11.1 Å². The highest BCUT2D eigenvalue weighted by Gasteiger charge is 2.29. The molecule has 1 amide bonds. The van der Waals surface area contributed by atoms with Gasteiger partial charge < -0.3 is 5.32 Å².